The van der Waals surface area contributed by atoms with Gasteiger partial charge in [-0.2, -0.15) is 0 Å². The zero-order valence-electron chi connectivity index (χ0n) is 21.2. The Balaban J connectivity index is 2.07. The van der Waals surface area contributed by atoms with E-state index in [9.17, 15) is 19.8 Å². The normalized spacial score (nSPS) is 23.4. The molecule has 1 aliphatic rings. The van der Waals surface area contributed by atoms with E-state index >= 15 is 0 Å². The van der Waals surface area contributed by atoms with Crippen molar-refractivity contribution in [3.63, 3.8) is 0 Å². The Morgan fingerprint density at radius 1 is 0.921 bits per heavy atom. The third-order valence-corrected chi connectivity index (χ3v) is 7.48. The van der Waals surface area contributed by atoms with Gasteiger partial charge in [-0.15, -0.1) is 0 Å². The lowest BCUT2D eigenvalue weighted by Crippen LogP contribution is -2.65. The summed E-state index contributed by atoms with van der Waals surface area (Å²) in [6.45, 7) is 1.07. The molecule has 1 aromatic heterocycles. The van der Waals surface area contributed by atoms with Crippen LogP contribution in [0.2, 0.25) is 0 Å². The first-order valence-corrected chi connectivity index (χ1v) is 12.4. The van der Waals surface area contributed by atoms with Crippen molar-refractivity contribution in [2.45, 2.75) is 36.4 Å². The summed E-state index contributed by atoms with van der Waals surface area (Å²) in [4.78, 5) is 28.6. The highest BCUT2D eigenvalue weighted by Gasteiger charge is 2.69. The summed E-state index contributed by atoms with van der Waals surface area (Å²) in [5.41, 5.74) is -1.85. The number of H-pyrrole nitrogens is 1. The fourth-order valence-corrected chi connectivity index (χ4v) is 5.91. The molecule has 0 saturated carbocycles. The molecule has 1 aliphatic heterocycles. The number of benzene rings is 3. The van der Waals surface area contributed by atoms with Crippen LogP contribution in [-0.4, -0.2) is 51.8 Å². The Labute approximate surface area is 219 Å². The molecule has 1 saturated heterocycles. The maximum atomic E-state index is 13.7. The van der Waals surface area contributed by atoms with Crippen molar-refractivity contribution in [2.24, 2.45) is 0 Å². The number of ether oxygens (including phenoxy) is 2. The molecule has 1 fully saturated rings. The third kappa shape index (κ3) is 3.68. The molecule has 3 N–H and O–H groups in total. The van der Waals surface area contributed by atoms with Gasteiger partial charge in [-0.3, -0.25) is 14.3 Å². The van der Waals surface area contributed by atoms with E-state index in [0.29, 0.717) is 0 Å². The smallest absolute Gasteiger partial charge is 0.330 e. The predicted octanol–water partition coefficient (Wildman–Crippen LogP) is 2.30. The first-order chi connectivity index (χ1) is 18.4. The van der Waals surface area contributed by atoms with E-state index in [1.165, 1.54) is 17.9 Å². The molecular weight excluding hydrogens is 484 g/mol. The zero-order valence-corrected chi connectivity index (χ0v) is 21.2. The molecule has 1 unspecified atom stereocenters. The average Bonchev–Trinajstić information content (AvgIpc) is 3.24. The molecule has 8 nitrogen and oxygen atoms in total. The quantitative estimate of drug-likeness (QED) is 0.326. The Bertz CT molecular complexity index is 1410. The van der Waals surface area contributed by atoms with Gasteiger partial charge in [0.15, 0.2) is 5.72 Å². The lowest BCUT2D eigenvalue weighted by molar-refractivity contribution is -0.187. The highest BCUT2D eigenvalue weighted by molar-refractivity contribution is 5.54. The monoisotopic (exact) mass is 514 g/mol. The van der Waals surface area contributed by atoms with Crippen LogP contribution in [0.15, 0.2) is 107 Å². The molecule has 0 radical (unpaired) electrons. The number of aromatic amines is 1. The summed E-state index contributed by atoms with van der Waals surface area (Å²) < 4.78 is 14.0. The topological polar surface area (TPSA) is 114 Å². The van der Waals surface area contributed by atoms with Crippen molar-refractivity contribution < 1.29 is 19.7 Å². The van der Waals surface area contributed by atoms with Crippen molar-refractivity contribution in [3.8, 4) is 0 Å². The number of methoxy groups -OCH3 is 1. The maximum absolute atomic E-state index is 13.7. The van der Waals surface area contributed by atoms with Crippen LogP contribution in [-0.2, 0) is 20.6 Å². The second-order valence-electron chi connectivity index (χ2n) is 9.47. The van der Waals surface area contributed by atoms with E-state index in [1.807, 2.05) is 91.0 Å². The van der Waals surface area contributed by atoms with Gasteiger partial charge in [0.05, 0.1) is 12.0 Å². The minimum atomic E-state index is -1.80. The van der Waals surface area contributed by atoms with Crippen LogP contribution in [0.5, 0.6) is 0 Å². The van der Waals surface area contributed by atoms with Gasteiger partial charge >= 0.3 is 5.69 Å². The Hall–Kier alpha value is -3.82. The van der Waals surface area contributed by atoms with Crippen molar-refractivity contribution in [1.29, 1.82) is 0 Å². The van der Waals surface area contributed by atoms with E-state index in [1.54, 1.807) is 6.92 Å². The van der Waals surface area contributed by atoms with Crippen LogP contribution in [0.3, 0.4) is 0 Å². The number of hydrogen-bond acceptors (Lipinski definition) is 6. The van der Waals surface area contributed by atoms with E-state index in [2.05, 4.69) is 4.98 Å². The SMILES string of the molecule is COC1[C@H](O)[C@@H](CO)O[C@]1(n1cc(C)c(=O)[nH]c1=O)C(c1ccccc1)(c1ccccc1)c1ccccc1. The van der Waals surface area contributed by atoms with Crippen LogP contribution in [0.25, 0.3) is 0 Å². The number of hydrogen-bond donors (Lipinski definition) is 3. The fraction of sp³-hybridized carbons (Fsp3) is 0.267. The van der Waals surface area contributed by atoms with Crippen LogP contribution in [0.1, 0.15) is 22.3 Å². The van der Waals surface area contributed by atoms with Gasteiger partial charge in [0.2, 0.25) is 0 Å². The molecule has 0 bridgehead atoms. The standard InChI is InChI=1S/C30H30N2O6/c1-20-18-32(28(36)31-27(20)35)30(26(37-2)25(34)24(19-33)38-30)29(21-12-6-3-7-13-21,22-14-8-4-9-15-22)23-16-10-5-11-17-23/h3-18,24-26,33-34H,19H2,1-2H3,(H,31,35,36)/t24-,25-,26?,30+/m1/s1. The molecule has 0 spiro atoms. The van der Waals surface area contributed by atoms with E-state index < -0.39 is 47.3 Å². The number of aryl methyl sites for hydroxylation is 1. The average molecular weight is 515 g/mol. The minimum absolute atomic E-state index is 0.271. The van der Waals surface area contributed by atoms with Crippen LogP contribution >= 0.6 is 0 Å². The first-order valence-electron chi connectivity index (χ1n) is 12.4. The molecule has 3 aromatic carbocycles. The maximum Gasteiger partial charge on any atom is 0.330 e. The molecule has 5 rings (SSSR count). The molecular formula is C30H30N2O6. The van der Waals surface area contributed by atoms with Gasteiger partial charge in [0.1, 0.15) is 18.3 Å². The molecule has 38 heavy (non-hydrogen) atoms. The van der Waals surface area contributed by atoms with Crippen LogP contribution in [0, 0.1) is 6.92 Å². The Morgan fingerprint density at radius 2 is 1.39 bits per heavy atom. The minimum Gasteiger partial charge on any atom is -0.394 e. The summed E-state index contributed by atoms with van der Waals surface area (Å²) in [7, 11) is 1.43. The molecule has 0 aliphatic carbocycles. The zero-order chi connectivity index (χ0) is 26.9. The molecule has 8 heteroatoms. The van der Waals surface area contributed by atoms with Gasteiger partial charge < -0.3 is 19.7 Å². The second kappa shape index (κ2) is 10.2. The molecule has 2 heterocycles. The number of nitrogens with zero attached hydrogens (tertiary/aromatic N) is 1. The summed E-state index contributed by atoms with van der Waals surface area (Å²) >= 11 is 0. The fourth-order valence-electron chi connectivity index (χ4n) is 5.91. The van der Waals surface area contributed by atoms with Crippen molar-refractivity contribution in [2.75, 3.05) is 13.7 Å². The van der Waals surface area contributed by atoms with Gasteiger partial charge in [-0.05, 0) is 23.6 Å². The molecule has 4 atom stereocenters. The van der Waals surface area contributed by atoms with Gasteiger partial charge in [0, 0.05) is 18.9 Å². The number of aliphatic hydroxyl groups excluding tert-OH is 2. The highest BCUT2D eigenvalue weighted by atomic mass is 16.6. The lowest BCUT2D eigenvalue weighted by Gasteiger charge is -2.52. The van der Waals surface area contributed by atoms with Crippen LogP contribution in [0.4, 0.5) is 0 Å². The van der Waals surface area contributed by atoms with Gasteiger partial charge in [-0.25, -0.2) is 4.79 Å². The Kier molecular flexibility index (Phi) is 6.90. The molecule has 196 valence electrons. The van der Waals surface area contributed by atoms with Crippen molar-refractivity contribution in [3.05, 3.63) is 140 Å². The number of rotatable bonds is 7. The number of aliphatic hydroxyl groups is 2. The Morgan fingerprint density at radius 3 is 1.82 bits per heavy atom. The summed E-state index contributed by atoms with van der Waals surface area (Å²) in [5, 5.41) is 21.8. The summed E-state index contributed by atoms with van der Waals surface area (Å²) in [6.07, 6.45) is -2.11. The molecule has 4 aromatic rings. The van der Waals surface area contributed by atoms with Gasteiger partial charge in [-0.1, -0.05) is 91.0 Å². The summed E-state index contributed by atoms with van der Waals surface area (Å²) in [5.74, 6) is 0. The lowest BCUT2D eigenvalue weighted by atomic mass is 9.60. The van der Waals surface area contributed by atoms with E-state index in [4.69, 9.17) is 9.47 Å². The van der Waals surface area contributed by atoms with Gasteiger partial charge in [0.25, 0.3) is 5.56 Å². The largest absolute Gasteiger partial charge is 0.394 e. The predicted molar refractivity (Wildman–Crippen MR) is 142 cm³/mol. The third-order valence-electron chi connectivity index (χ3n) is 7.48. The number of nitrogens with one attached hydrogen (secondary N) is 1. The van der Waals surface area contributed by atoms with E-state index in [0.717, 1.165) is 16.7 Å². The van der Waals surface area contributed by atoms with Crippen molar-refractivity contribution >= 4 is 0 Å². The van der Waals surface area contributed by atoms with Crippen LogP contribution < -0.4 is 11.2 Å². The molecule has 0 amide bonds. The second-order valence-corrected chi connectivity index (χ2v) is 9.47. The first kappa shape index (κ1) is 25.8. The van der Waals surface area contributed by atoms with Crippen molar-refractivity contribution in [1.82, 2.24) is 9.55 Å². The highest BCUT2D eigenvalue weighted by Crippen LogP contribution is 2.57. The summed E-state index contributed by atoms with van der Waals surface area (Å²) in [6, 6.07) is 28.6. The van der Waals surface area contributed by atoms with E-state index in [-0.39, 0.29) is 5.56 Å². The number of aromatic nitrogens is 2.